The summed E-state index contributed by atoms with van der Waals surface area (Å²) in [6.45, 7) is 0.157. The topological polar surface area (TPSA) is 89.2 Å². The number of aliphatic hydroxyl groups is 2. The van der Waals surface area contributed by atoms with Crippen molar-refractivity contribution in [2.24, 2.45) is 5.11 Å². The van der Waals surface area contributed by atoms with Crippen LogP contribution in [0.25, 0.3) is 10.4 Å². The van der Waals surface area contributed by atoms with E-state index in [1.54, 1.807) is 18.2 Å². The van der Waals surface area contributed by atoms with Crippen molar-refractivity contribution in [2.75, 3.05) is 6.54 Å². The van der Waals surface area contributed by atoms with E-state index in [9.17, 15) is 10.2 Å². The number of nitrogens with zero attached hydrogens (tertiary/aromatic N) is 3. The third kappa shape index (κ3) is 4.24. The Labute approximate surface area is 104 Å². The number of rotatable bonds is 6. The van der Waals surface area contributed by atoms with Gasteiger partial charge in [0.05, 0.1) is 6.10 Å². The van der Waals surface area contributed by atoms with Gasteiger partial charge in [-0.1, -0.05) is 29.4 Å². The minimum absolute atomic E-state index is 0.157. The van der Waals surface area contributed by atoms with Crippen LogP contribution in [-0.2, 0) is 5.88 Å². The summed E-state index contributed by atoms with van der Waals surface area (Å²) in [6, 6.07) is 7.08. The lowest BCUT2D eigenvalue weighted by Crippen LogP contribution is -2.19. The molecule has 1 aromatic carbocycles. The van der Waals surface area contributed by atoms with Gasteiger partial charge in [-0.25, -0.2) is 0 Å². The highest BCUT2D eigenvalue weighted by Crippen LogP contribution is 2.20. The lowest BCUT2D eigenvalue weighted by Gasteiger charge is -2.17. The molecule has 0 aliphatic carbocycles. The fraction of sp³-hybridized carbons (Fsp3) is 0.455. The van der Waals surface area contributed by atoms with Crippen LogP contribution in [0.1, 0.15) is 23.7 Å². The lowest BCUT2D eigenvalue weighted by atomic mass is 10.0. The maximum absolute atomic E-state index is 9.88. The molecule has 0 radical (unpaired) electrons. The Kier molecular flexibility index (Phi) is 5.80. The summed E-state index contributed by atoms with van der Waals surface area (Å²) in [6.07, 6.45) is -1.73. The third-order valence-corrected chi connectivity index (χ3v) is 2.71. The van der Waals surface area contributed by atoms with E-state index in [0.717, 1.165) is 5.56 Å². The van der Waals surface area contributed by atoms with E-state index in [2.05, 4.69) is 10.0 Å². The number of halogens is 1. The van der Waals surface area contributed by atoms with Crippen molar-refractivity contribution in [3.05, 3.63) is 45.8 Å². The van der Waals surface area contributed by atoms with Gasteiger partial charge in [0.2, 0.25) is 0 Å². The van der Waals surface area contributed by atoms with Crippen molar-refractivity contribution < 1.29 is 10.2 Å². The molecule has 0 saturated heterocycles. The van der Waals surface area contributed by atoms with Gasteiger partial charge in [-0.15, -0.1) is 11.6 Å². The summed E-state index contributed by atoms with van der Waals surface area (Å²) in [5.41, 5.74) is 9.59. The van der Waals surface area contributed by atoms with Gasteiger partial charge in [-0.2, -0.15) is 0 Å². The largest absolute Gasteiger partial charge is 0.390 e. The van der Waals surface area contributed by atoms with Crippen LogP contribution in [0.3, 0.4) is 0 Å². The van der Waals surface area contributed by atoms with Crippen LogP contribution in [0.4, 0.5) is 0 Å². The van der Waals surface area contributed by atoms with Crippen LogP contribution in [0.5, 0.6) is 0 Å². The summed E-state index contributed by atoms with van der Waals surface area (Å²) in [5, 5.41) is 22.9. The van der Waals surface area contributed by atoms with Crippen LogP contribution < -0.4 is 0 Å². The summed E-state index contributed by atoms with van der Waals surface area (Å²) >= 11 is 5.69. The van der Waals surface area contributed by atoms with Crippen molar-refractivity contribution in [3.63, 3.8) is 0 Å². The molecule has 6 heteroatoms. The molecular formula is C11H14ClN3O2. The van der Waals surface area contributed by atoms with E-state index in [1.165, 1.54) is 0 Å². The van der Waals surface area contributed by atoms with Crippen molar-refractivity contribution >= 4 is 11.6 Å². The van der Waals surface area contributed by atoms with E-state index < -0.39 is 12.2 Å². The fourth-order valence-corrected chi connectivity index (χ4v) is 1.64. The Morgan fingerprint density at radius 1 is 1.41 bits per heavy atom. The molecular weight excluding hydrogens is 242 g/mol. The van der Waals surface area contributed by atoms with E-state index in [4.69, 9.17) is 17.1 Å². The van der Waals surface area contributed by atoms with Crippen LogP contribution in [0.2, 0.25) is 0 Å². The molecule has 0 bridgehead atoms. The molecule has 5 nitrogen and oxygen atoms in total. The minimum Gasteiger partial charge on any atom is -0.390 e. The second-order valence-corrected chi connectivity index (χ2v) is 3.90. The van der Waals surface area contributed by atoms with Gasteiger partial charge in [0.1, 0.15) is 6.10 Å². The first kappa shape index (κ1) is 13.8. The zero-order chi connectivity index (χ0) is 12.7. The summed E-state index contributed by atoms with van der Waals surface area (Å²) in [7, 11) is 0. The van der Waals surface area contributed by atoms with Crippen molar-refractivity contribution in [3.8, 4) is 0 Å². The van der Waals surface area contributed by atoms with Crippen LogP contribution in [-0.4, -0.2) is 22.9 Å². The summed E-state index contributed by atoms with van der Waals surface area (Å²) in [4.78, 5) is 2.58. The van der Waals surface area contributed by atoms with Gasteiger partial charge in [0.25, 0.3) is 0 Å². The highest BCUT2D eigenvalue weighted by molar-refractivity contribution is 6.17. The number of benzene rings is 1. The molecule has 0 spiro atoms. The number of hydrogen-bond acceptors (Lipinski definition) is 3. The first-order valence-electron chi connectivity index (χ1n) is 5.21. The zero-order valence-corrected chi connectivity index (χ0v) is 9.96. The van der Waals surface area contributed by atoms with Gasteiger partial charge < -0.3 is 10.2 Å². The van der Waals surface area contributed by atoms with E-state index in [1.807, 2.05) is 6.07 Å². The monoisotopic (exact) mass is 255 g/mol. The van der Waals surface area contributed by atoms with E-state index >= 15 is 0 Å². The number of hydrogen-bond donors (Lipinski definition) is 2. The molecule has 2 N–H and O–H groups in total. The van der Waals surface area contributed by atoms with Crippen molar-refractivity contribution in [1.82, 2.24) is 0 Å². The summed E-state index contributed by atoms with van der Waals surface area (Å²) < 4.78 is 0. The summed E-state index contributed by atoms with van der Waals surface area (Å²) in [5.74, 6) is 0.357. The first-order chi connectivity index (χ1) is 8.19. The molecule has 1 rings (SSSR count). The van der Waals surface area contributed by atoms with Gasteiger partial charge >= 0.3 is 0 Å². The molecule has 2 unspecified atom stereocenters. The fourth-order valence-electron chi connectivity index (χ4n) is 1.47. The smallest absolute Gasteiger partial charge is 0.105 e. The molecule has 17 heavy (non-hydrogen) atoms. The van der Waals surface area contributed by atoms with Gasteiger partial charge in [-0.3, -0.25) is 0 Å². The third-order valence-electron chi connectivity index (χ3n) is 2.40. The molecule has 0 fully saturated rings. The second kappa shape index (κ2) is 7.14. The quantitative estimate of drug-likeness (QED) is 0.354. The Morgan fingerprint density at radius 2 is 2.18 bits per heavy atom. The average Bonchev–Trinajstić information content (AvgIpc) is 2.38. The average molecular weight is 256 g/mol. The Morgan fingerprint density at radius 3 is 2.82 bits per heavy atom. The van der Waals surface area contributed by atoms with Crippen molar-refractivity contribution in [2.45, 2.75) is 24.5 Å². The second-order valence-electron chi connectivity index (χ2n) is 3.63. The highest BCUT2D eigenvalue weighted by atomic mass is 35.5. The SMILES string of the molecule is [N-]=[N+]=NCCC(O)C(O)c1cccc(CCl)c1. The maximum Gasteiger partial charge on any atom is 0.105 e. The van der Waals surface area contributed by atoms with Gasteiger partial charge in [0, 0.05) is 17.3 Å². The predicted molar refractivity (Wildman–Crippen MR) is 65.6 cm³/mol. The number of alkyl halides is 1. The van der Waals surface area contributed by atoms with Gasteiger partial charge in [-0.05, 0) is 23.1 Å². The normalized spacial score (nSPS) is 13.8. The maximum atomic E-state index is 9.88. The number of aliphatic hydroxyl groups excluding tert-OH is 2. The molecule has 0 heterocycles. The zero-order valence-electron chi connectivity index (χ0n) is 9.20. The molecule has 0 aromatic heterocycles. The van der Waals surface area contributed by atoms with Crippen LogP contribution >= 0.6 is 11.6 Å². The molecule has 0 saturated carbocycles. The highest BCUT2D eigenvalue weighted by Gasteiger charge is 2.17. The van der Waals surface area contributed by atoms with E-state index in [-0.39, 0.29) is 13.0 Å². The lowest BCUT2D eigenvalue weighted by molar-refractivity contribution is 0.0150. The van der Waals surface area contributed by atoms with Crippen LogP contribution in [0.15, 0.2) is 29.4 Å². The Bertz CT molecular complexity index is 407. The molecule has 0 aliphatic heterocycles. The predicted octanol–water partition coefficient (Wildman–Crippen LogP) is 2.52. The van der Waals surface area contributed by atoms with Gasteiger partial charge in [0.15, 0.2) is 0 Å². The molecule has 0 amide bonds. The molecule has 0 aliphatic rings. The number of azide groups is 1. The Hall–Kier alpha value is -1.26. The Balaban J connectivity index is 2.66. The first-order valence-corrected chi connectivity index (χ1v) is 5.74. The van der Waals surface area contributed by atoms with Crippen LogP contribution in [0, 0.1) is 0 Å². The van der Waals surface area contributed by atoms with E-state index in [0.29, 0.717) is 11.4 Å². The minimum atomic E-state index is -0.993. The molecule has 92 valence electrons. The molecule has 2 atom stereocenters. The van der Waals surface area contributed by atoms with Crippen molar-refractivity contribution in [1.29, 1.82) is 0 Å². The molecule has 1 aromatic rings. The standard InChI is InChI=1S/C11H14ClN3O2/c12-7-8-2-1-3-9(6-8)11(17)10(16)4-5-14-15-13/h1-3,6,10-11,16-17H,4-5,7H2.